The highest BCUT2D eigenvalue weighted by molar-refractivity contribution is 5.80. The first-order valence-corrected chi connectivity index (χ1v) is 7.61. The molecule has 4 heteroatoms. The van der Waals surface area contributed by atoms with E-state index in [1.807, 2.05) is 0 Å². The smallest absolute Gasteiger partial charge is 0.308 e. The Bertz CT molecular complexity index is 334. The Morgan fingerprint density at radius 3 is 2.26 bits per heavy atom. The van der Waals surface area contributed by atoms with Crippen molar-refractivity contribution < 1.29 is 14.7 Å². The summed E-state index contributed by atoms with van der Waals surface area (Å²) < 4.78 is 0. The average Bonchev–Trinajstić information content (AvgIpc) is 2.39. The maximum Gasteiger partial charge on any atom is 0.308 e. The molecular formula is C15H25NO3. The molecule has 0 heterocycles. The molecule has 2 N–H and O–H groups in total. The van der Waals surface area contributed by atoms with Gasteiger partial charge in [0, 0.05) is 12.0 Å². The Kier molecular flexibility index (Phi) is 4.83. The van der Waals surface area contributed by atoms with Crippen molar-refractivity contribution in [2.45, 2.75) is 64.3 Å². The van der Waals surface area contributed by atoms with Gasteiger partial charge in [-0.2, -0.15) is 0 Å². The topological polar surface area (TPSA) is 66.4 Å². The second-order valence-electron chi connectivity index (χ2n) is 6.30. The number of hydrogen-bond donors (Lipinski definition) is 2. The van der Waals surface area contributed by atoms with E-state index in [9.17, 15) is 14.7 Å². The number of rotatable bonds is 3. The molecule has 0 bridgehead atoms. The number of nitrogens with one attached hydrogen (secondary N) is 1. The lowest BCUT2D eigenvalue weighted by Crippen LogP contribution is -2.47. The summed E-state index contributed by atoms with van der Waals surface area (Å²) in [7, 11) is 0. The Labute approximate surface area is 115 Å². The predicted octanol–water partition coefficient (Wildman–Crippen LogP) is 2.57. The summed E-state index contributed by atoms with van der Waals surface area (Å²) in [6.45, 7) is 2.23. The zero-order valence-corrected chi connectivity index (χ0v) is 11.7. The van der Waals surface area contributed by atoms with Crippen LogP contribution in [-0.4, -0.2) is 23.0 Å². The van der Waals surface area contributed by atoms with Crippen LogP contribution < -0.4 is 5.32 Å². The molecule has 4 nitrogen and oxygen atoms in total. The zero-order chi connectivity index (χ0) is 13.8. The molecule has 0 spiro atoms. The summed E-state index contributed by atoms with van der Waals surface area (Å²) in [4.78, 5) is 23.5. The first kappa shape index (κ1) is 14.4. The minimum Gasteiger partial charge on any atom is -0.481 e. The molecule has 2 aliphatic rings. The van der Waals surface area contributed by atoms with Crippen LogP contribution in [0.2, 0.25) is 0 Å². The molecule has 0 aromatic heterocycles. The van der Waals surface area contributed by atoms with E-state index in [0.717, 1.165) is 50.9 Å². The molecule has 1 amide bonds. The molecule has 108 valence electrons. The van der Waals surface area contributed by atoms with Crippen LogP contribution in [0.1, 0.15) is 58.3 Å². The zero-order valence-electron chi connectivity index (χ0n) is 11.7. The highest BCUT2D eigenvalue weighted by atomic mass is 16.4. The molecule has 0 aliphatic heterocycles. The molecule has 0 saturated heterocycles. The first-order valence-electron chi connectivity index (χ1n) is 7.61. The molecule has 0 radical (unpaired) electrons. The molecule has 2 saturated carbocycles. The molecule has 2 unspecified atom stereocenters. The minimum atomic E-state index is -0.762. The molecular weight excluding hydrogens is 242 g/mol. The van der Waals surface area contributed by atoms with E-state index in [0.29, 0.717) is 6.42 Å². The van der Waals surface area contributed by atoms with Crippen LogP contribution in [0.3, 0.4) is 0 Å². The lowest BCUT2D eigenvalue weighted by Gasteiger charge is -2.32. The Hall–Kier alpha value is -1.06. The standard InChI is InChI=1S/C15H25NO3/c1-10-6-8-11(9-7-10)14(17)16-13-5-3-2-4-12(13)15(18)19/h10-13H,2-9H2,1H3,(H,16,17)(H,18,19). The van der Waals surface area contributed by atoms with E-state index < -0.39 is 5.97 Å². The van der Waals surface area contributed by atoms with Gasteiger partial charge in [0.15, 0.2) is 0 Å². The molecule has 2 fully saturated rings. The normalized spacial score (nSPS) is 35.6. The minimum absolute atomic E-state index is 0.0880. The van der Waals surface area contributed by atoms with Crippen LogP contribution in [0.5, 0.6) is 0 Å². The van der Waals surface area contributed by atoms with Gasteiger partial charge >= 0.3 is 5.97 Å². The first-order chi connectivity index (χ1) is 9.08. The van der Waals surface area contributed by atoms with Gasteiger partial charge in [-0.15, -0.1) is 0 Å². The highest BCUT2D eigenvalue weighted by Crippen LogP contribution is 2.30. The quantitative estimate of drug-likeness (QED) is 0.826. The van der Waals surface area contributed by atoms with Crippen molar-refractivity contribution in [3.05, 3.63) is 0 Å². The maximum atomic E-state index is 12.2. The fraction of sp³-hybridized carbons (Fsp3) is 0.867. The van der Waals surface area contributed by atoms with Crippen molar-refractivity contribution in [3.8, 4) is 0 Å². The van der Waals surface area contributed by atoms with E-state index in [1.165, 1.54) is 0 Å². The third kappa shape index (κ3) is 3.71. The fourth-order valence-electron chi connectivity index (χ4n) is 3.42. The molecule has 0 aromatic carbocycles. The van der Waals surface area contributed by atoms with E-state index in [1.54, 1.807) is 0 Å². The number of carbonyl (C=O) groups is 2. The van der Waals surface area contributed by atoms with Gasteiger partial charge < -0.3 is 10.4 Å². The summed E-state index contributed by atoms with van der Waals surface area (Å²) in [6, 6.07) is -0.155. The second kappa shape index (κ2) is 6.40. The average molecular weight is 267 g/mol. The van der Waals surface area contributed by atoms with Gasteiger partial charge in [-0.25, -0.2) is 0 Å². The van der Waals surface area contributed by atoms with Crippen LogP contribution in [0.4, 0.5) is 0 Å². The third-order valence-electron chi connectivity index (χ3n) is 4.80. The van der Waals surface area contributed by atoms with E-state index in [4.69, 9.17) is 0 Å². The maximum absolute atomic E-state index is 12.2. The third-order valence-corrected chi connectivity index (χ3v) is 4.80. The van der Waals surface area contributed by atoms with Crippen LogP contribution in [-0.2, 0) is 9.59 Å². The summed E-state index contributed by atoms with van der Waals surface area (Å²) in [5.74, 6) is -0.231. The summed E-state index contributed by atoms with van der Waals surface area (Å²) in [6.07, 6.45) is 7.64. The Balaban J connectivity index is 1.88. The van der Waals surface area contributed by atoms with E-state index >= 15 is 0 Å². The van der Waals surface area contributed by atoms with Gasteiger partial charge in [-0.3, -0.25) is 9.59 Å². The van der Waals surface area contributed by atoms with Crippen LogP contribution in [0, 0.1) is 17.8 Å². The van der Waals surface area contributed by atoms with Gasteiger partial charge in [-0.1, -0.05) is 19.8 Å². The van der Waals surface area contributed by atoms with Gasteiger partial charge in [-0.05, 0) is 44.4 Å². The highest BCUT2D eigenvalue weighted by Gasteiger charge is 2.33. The summed E-state index contributed by atoms with van der Waals surface area (Å²) >= 11 is 0. The largest absolute Gasteiger partial charge is 0.481 e. The molecule has 0 aromatic rings. The van der Waals surface area contributed by atoms with Crippen LogP contribution in [0.15, 0.2) is 0 Å². The lowest BCUT2D eigenvalue weighted by atomic mass is 9.81. The van der Waals surface area contributed by atoms with Gasteiger partial charge in [0.05, 0.1) is 5.92 Å². The van der Waals surface area contributed by atoms with Crippen molar-refractivity contribution in [1.82, 2.24) is 5.32 Å². The number of carboxylic acid groups (broad SMARTS) is 1. The number of hydrogen-bond acceptors (Lipinski definition) is 2. The molecule has 2 aliphatic carbocycles. The monoisotopic (exact) mass is 267 g/mol. The SMILES string of the molecule is CC1CCC(C(=O)NC2CCCCC2C(=O)O)CC1. The van der Waals surface area contributed by atoms with Gasteiger partial charge in [0.25, 0.3) is 0 Å². The lowest BCUT2D eigenvalue weighted by molar-refractivity contribution is -0.144. The van der Waals surface area contributed by atoms with E-state index in [2.05, 4.69) is 12.2 Å². The van der Waals surface area contributed by atoms with Gasteiger partial charge in [0.1, 0.15) is 0 Å². The number of carbonyl (C=O) groups excluding carboxylic acids is 1. The van der Waals surface area contributed by atoms with Crippen LogP contribution >= 0.6 is 0 Å². The van der Waals surface area contributed by atoms with Crippen LogP contribution in [0.25, 0.3) is 0 Å². The predicted molar refractivity (Wildman–Crippen MR) is 72.6 cm³/mol. The number of amides is 1. The van der Waals surface area contributed by atoms with Crippen molar-refractivity contribution in [1.29, 1.82) is 0 Å². The van der Waals surface area contributed by atoms with E-state index in [-0.39, 0.29) is 23.8 Å². The Morgan fingerprint density at radius 2 is 1.63 bits per heavy atom. The number of carboxylic acids is 1. The van der Waals surface area contributed by atoms with Crippen molar-refractivity contribution >= 4 is 11.9 Å². The molecule has 2 atom stereocenters. The van der Waals surface area contributed by atoms with Gasteiger partial charge in [0.2, 0.25) is 5.91 Å². The Morgan fingerprint density at radius 1 is 1.00 bits per heavy atom. The second-order valence-corrected chi connectivity index (χ2v) is 6.30. The van der Waals surface area contributed by atoms with Crippen molar-refractivity contribution in [3.63, 3.8) is 0 Å². The fourth-order valence-corrected chi connectivity index (χ4v) is 3.42. The summed E-state index contributed by atoms with van der Waals surface area (Å²) in [5, 5.41) is 12.2. The summed E-state index contributed by atoms with van der Waals surface area (Å²) in [5.41, 5.74) is 0. The number of aliphatic carboxylic acids is 1. The molecule has 2 rings (SSSR count). The molecule has 19 heavy (non-hydrogen) atoms. The van der Waals surface area contributed by atoms with Crippen molar-refractivity contribution in [2.75, 3.05) is 0 Å². The van der Waals surface area contributed by atoms with Crippen molar-refractivity contribution in [2.24, 2.45) is 17.8 Å².